The van der Waals surface area contributed by atoms with Gasteiger partial charge >= 0.3 is 0 Å². The zero-order chi connectivity index (χ0) is 16.1. The molecular formula is C16H25N5O. The lowest BCUT2D eigenvalue weighted by Gasteiger charge is -2.34. The molecule has 6 nitrogen and oxygen atoms in total. The summed E-state index contributed by atoms with van der Waals surface area (Å²) in [5.74, 6) is 0.639. The lowest BCUT2D eigenvalue weighted by atomic mass is 10.2. The summed E-state index contributed by atoms with van der Waals surface area (Å²) in [5, 5.41) is 19.5. The summed E-state index contributed by atoms with van der Waals surface area (Å²) in [4.78, 5) is 10.9. The van der Waals surface area contributed by atoms with Crippen LogP contribution in [0.25, 0.3) is 0 Å². The summed E-state index contributed by atoms with van der Waals surface area (Å²) in [6.45, 7) is 7.09. The van der Waals surface area contributed by atoms with E-state index in [1.165, 1.54) is 0 Å². The van der Waals surface area contributed by atoms with E-state index in [0.29, 0.717) is 24.5 Å². The Morgan fingerprint density at radius 3 is 2.68 bits per heavy atom. The number of pyridine rings is 1. The second-order valence-corrected chi connectivity index (χ2v) is 6.07. The van der Waals surface area contributed by atoms with Crippen LogP contribution in [0.3, 0.4) is 0 Å². The number of nitriles is 1. The van der Waals surface area contributed by atoms with E-state index in [4.69, 9.17) is 0 Å². The number of aryl methyl sites for hydroxylation is 1. The molecule has 1 aromatic rings. The van der Waals surface area contributed by atoms with E-state index in [-0.39, 0.29) is 0 Å². The second kappa shape index (κ2) is 7.54. The van der Waals surface area contributed by atoms with E-state index in [1.807, 2.05) is 24.9 Å². The van der Waals surface area contributed by atoms with Crippen LogP contribution >= 0.6 is 0 Å². The predicted molar refractivity (Wildman–Crippen MR) is 86.9 cm³/mol. The maximum absolute atomic E-state index is 10.3. The van der Waals surface area contributed by atoms with E-state index in [0.717, 1.165) is 31.9 Å². The number of piperazine rings is 1. The molecule has 0 bridgehead atoms. The van der Waals surface area contributed by atoms with E-state index in [2.05, 4.69) is 27.9 Å². The molecule has 6 heteroatoms. The molecule has 0 aromatic carbocycles. The molecule has 1 atom stereocenters. The molecule has 1 saturated heterocycles. The quantitative estimate of drug-likeness (QED) is 0.844. The summed E-state index contributed by atoms with van der Waals surface area (Å²) < 4.78 is 0. The minimum absolute atomic E-state index is 0.456. The van der Waals surface area contributed by atoms with Gasteiger partial charge in [0.05, 0.1) is 11.7 Å². The van der Waals surface area contributed by atoms with Crippen molar-refractivity contribution < 1.29 is 5.11 Å². The fourth-order valence-electron chi connectivity index (χ4n) is 2.71. The first-order chi connectivity index (χ1) is 10.5. The third-order valence-electron chi connectivity index (χ3n) is 4.05. The predicted octanol–water partition coefficient (Wildman–Crippen LogP) is 0.306. The van der Waals surface area contributed by atoms with Crippen LogP contribution in [0.1, 0.15) is 11.3 Å². The highest BCUT2D eigenvalue weighted by atomic mass is 16.3. The first-order valence-electron chi connectivity index (χ1n) is 7.67. The Balaban J connectivity index is 1.92. The van der Waals surface area contributed by atoms with Crippen LogP contribution in [0, 0.1) is 18.3 Å². The molecule has 0 saturated carbocycles. The number of nitrogens with zero attached hydrogens (tertiary/aromatic N) is 5. The van der Waals surface area contributed by atoms with Crippen molar-refractivity contribution in [1.82, 2.24) is 14.8 Å². The molecule has 0 amide bonds. The summed E-state index contributed by atoms with van der Waals surface area (Å²) >= 11 is 0. The molecule has 0 radical (unpaired) electrons. The van der Waals surface area contributed by atoms with E-state index in [1.54, 1.807) is 6.07 Å². The zero-order valence-corrected chi connectivity index (χ0v) is 13.7. The number of hydrogen-bond acceptors (Lipinski definition) is 6. The van der Waals surface area contributed by atoms with E-state index < -0.39 is 6.10 Å². The third-order valence-corrected chi connectivity index (χ3v) is 4.05. The van der Waals surface area contributed by atoms with Crippen molar-refractivity contribution in [1.29, 1.82) is 5.26 Å². The summed E-state index contributed by atoms with van der Waals surface area (Å²) in [7, 11) is 3.99. The second-order valence-electron chi connectivity index (χ2n) is 6.07. The average Bonchev–Trinajstić information content (AvgIpc) is 2.49. The summed E-state index contributed by atoms with van der Waals surface area (Å²) in [5.41, 5.74) is 1.41. The number of rotatable bonds is 5. The Morgan fingerprint density at radius 1 is 1.36 bits per heavy atom. The number of β-amino-alcohol motifs (C(OH)–C–C–N with tert-alkyl or cyclic N) is 1. The first-order valence-corrected chi connectivity index (χ1v) is 7.67. The zero-order valence-electron chi connectivity index (χ0n) is 13.7. The Kier molecular flexibility index (Phi) is 5.72. The highest BCUT2D eigenvalue weighted by molar-refractivity contribution is 5.53. The van der Waals surface area contributed by atoms with Crippen molar-refractivity contribution in [2.75, 3.05) is 58.3 Å². The van der Waals surface area contributed by atoms with Crippen molar-refractivity contribution in [3.8, 4) is 6.07 Å². The average molecular weight is 303 g/mol. The maximum Gasteiger partial charge on any atom is 0.146 e. The normalized spacial score (nSPS) is 18.0. The molecule has 0 spiro atoms. The van der Waals surface area contributed by atoms with Gasteiger partial charge in [-0.25, -0.2) is 4.98 Å². The Bertz CT molecular complexity index is 534. The Morgan fingerprint density at radius 2 is 2.05 bits per heavy atom. The largest absolute Gasteiger partial charge is 0.390 e. The van der Waals surface area contributed by atoms with Crippen LogP contribution in [0.4, 0.5) is 5.82 Å². The molecular weight excluding hydrogens is 278 g/mol. The molecule has 0 aliphatic carbocycles. The van der Waals surface area contributed by atoms with Gasteiger partial charge in [-0.05, 0) is 26.1 Å². The van der Waals surface area contributed by atoms with Crippen molar-refractivity contribution in [3.05, 3.63) is 23.4 Å². The van der Waals surface area contributed by atoms with Gasteiger partial charge in [-0.1, -0.05) is 0 Å². The molecule has 2 heterocycles. The smallest absolute Gasteiger partial charge is 0.146 e. The fourth-order valence-corrected chi connectivity index (χ4v) is 2.71. The highest BCUT2D eigenvalue weighted by Crippen LogP contribution is 2.16. The standard InChI is InChI=1S/C16H25N5O/c1-13-4-5-14(10-17)16(18-13)20(3)11-15(22)12-21-8-6-19(2)7-9-21/h4-5,15,22H,6-9,11-12H2,1-3H3/t15-/m0/s1. The summed E-state index contributed by atoms with van der Waals surface area (Å²) in [6.07, 6.45) is -0.456. The molecule has 0 unspecified atom stereocenters. The number of likely N-dealkylation sites (N-methyl/N-ethyl adjacent to an activating group) is 2. The fraction of sp³-hybridized carbons (Fsp3) is 0.625. The lowest BCUT2D eigenvalue weighted by Crippen LogP contribution is -2.48. The van der Waals surface area contributed by atoms with Crippen LogP contribution in [-0.2, 0) is 0 Å². The van der Waals surface area contributed by atoms with Crippen molar-refractivity contribution in [2.45, 2.75) is 13.0 Å². The topological polar surface area (TPSA) is 66.6 Å². The number of aliphatic hydroxyl groups excluding tert-OH is 1. The molecule has 1 aromatic heterocycles. The number of anilines is 1. The molecule has 2 rings (SSSR count). The van der Waals surface area contributed by atoms with Crippen LogP contribution in [-0.4, -0.2) is 79.4 Å². The van der Waals surface area contributed by atoms with Crippen molar-refractivity contribution >= 4 is 5.82 Å². The molecule has 120 valence electrons. The van der Waals surface area contributed by atoms with Crippen LogP contribution in [0.2, 0.25) is 0 Å². The van der Waals surface area contributed by atoms with Crippen molar-refractivity contribution in [3.63, 3.8) is 0 Å². The van der Waals surface area contributed by atoms with Gasteiger partial charge in [-0.3, -0.25) is 4.90 Å². The number of aliphatic hydroxyl groups is 1. The number of hydrogen-bond donors (Lipinski definition) is 1. The SMILES string of the molecule is Cc1ccc(C#N)c(N(C)C[C@H](O)CN2CCN(C)CC2)n1. The van der Waals surface area contributed by atoms with Crippen LogP contribution < -0.4 is 4.90 Å². The molecule has 1 aliphatic rings. The van der Waals surface area contributed by atoms with Gasteiger partial charge in [-0.2, -0.15) is 5.26 Å². The molecule has 1 N–H and O–H groups in total. The van der Waals surface area contributed by atoms with E-state index >= 15 is 0 Å². The van der Waals surface area contributed by atoms with Crippen LogP contribution in [0.5, 0.6) is 0 Å². The van der Waals surface area contributed by atoms with Gasteiger partial charge in [0.1, 0.15) is 11.9 Å². The maximum atomic E-state index is 10.3. The molecule has 22 heavy (non-hydrogen) atoms. The third kappa shape index (κ3) is 4.41. The molecule has 1 fully saturated rings. The van der Waals surface area contributed by atoms with Gasteiger partial charge < -0.3 is 14.9 Å². The van der Waals surface area contributed by atoms with Crippen molar-refractivity contribution in [2.24, 2.45) is 0 Å². The van der Waals surface area contributed by atoms with Gasteiger partial charge in [-0.15, -0.1) is 0 Å². The molecule has 1 aliphatic heterocycles. The monoisotopic (exact) mass is 303 g/mol. The minimum atomic E-state index is -0.456. The lowest BCUT2D eigenvalue weighted by molar-refractivity contribution is 0.0842. The van der Waals surface area contributed by atoms with Gasteiger partial charge in [0.2, 0.25) is 0 Å². The minimum Gasteiger partial charge on any atom is -0.390 e. The van der Waals surface area contributed by atoms with Gasteiger partial charge in [0.15, 0.2) is 0 Å². The van der Waals surface area contributed by atoms with Gasteiger partial charge in [0, 0.05) is 52.0 Å². The van der Waals surface area contributed by atoms with Crippen LogP contribution in [0.15, 0.2) is 12.1 Å². The number of aromatic nitrogens is 1. The highest BCUT2D eigenvalue weighted by Gasteiger charge is 2.19. The first kappa shape index (κ1) is 16.7. The Labute approximate surface area is 132 Å². The summed E-state index contributed by atoms with van der Waals surface area (Å²) in [6, 6.07) is 5.77. The van der Waals surface area contributed by atoms with E-state index in [9.17, 15) is 10.4 Å². The van der Waals surface area contributed by atoms with Gasteiger partial charge in [0.25, 0.3) is 0 Å². The Hall–Kier alpha value is -1.68.